The lowest BCUT2D eigenvalue weighted by atomic mass is 10.1. The van der Waals surface area contributed by atoms with Crippen LogP contribution in [0.4, 0.5) is 0 Å². The molecule has 2 rings (SSSR count). The predicted molar refractivity (Wildman–Crippen MR) is 78.9 cm³/mol. The lowest BCUT2D eigenvalue weighted by Gasteiger charge is -2.35. The zero-order valence-electron chi connectivity index (χ0n) is 12.2. The molecule has 0 amide bonds. The Kier molecular flexibility index (Phi) is 4.71. The molecule has 1 aliphatic heterocycles. The molecule has 0 bridgehead atoms. The highest BCUT2D eigenvalue weighted by atomic mass is 32.1. The summed E-state index contributed by atoms with van der Waals surface area (Å²) in [6.07, 6.45) is 0.940. The third kappa shape index (κ3) is 3.22. The number of hydrogen-bond donors (Lipinski definition) is 1. The predicted octanol–water partition coefficient (Wildman–Crippen LogP) is 2.79. The van der Waals surface area contributed by atoms with Crippen LogP contribution in [-0.4, -0.2) is 40.6 Å². The molecule has 19 heavy (non-hydrogen) atoms. The third-order valence-electron chi connectivity index (χ3n) is 3.76. The summed E-state index contributed by atoms with van der Waals surface area (Å²) in [6, 6.07) is 0.533. The molecule has 1 aliphatic rings. The highest BCUT2D eigenvalue weighted by molar-refractivity contribution is 7.71. The minimum absolute atomic E-state index is 0.00347. The van der Waals surface area contributed by atoms with E-state index in [0.717, 1.165) is 37.5 Å². The average molecular weight is 281 g/mol. The van der Waals surface area contributed by atoms with Crippen LogP contribution in [0, 0.1) is 11.6 Å². The topological polar surface area (TPSA) is 41.2 Å². The van der Waals surface area contributed by atoms with Gasteiger partial charge in [-0.2, -0.15) is 0 Å². The Labute approximate surface area is 120 Å². The molecule has 0 radical (unpaired) electrons. The number of nitrogens with zero attached hydrogens (tertiary/aromatic N) is 2. The number of H-pyrrole nitrogens is 1. The average Bonchev–Trinajstić information content (AvgIpc) is 2.41. The first-order valence-electron chi connectivity index (χ1n) is 6.98. The number of nitrogens with one attached hydrogen (secondary N) is 1. The fourth-order valence-corrected chi connectivity index (χ4v) is 2.63. The quantitative estimate of drug-likeness (QED) is 0.865. The lowest BCUT2D eigenvalue weighted by Crippen LogP contribution is -2.42. The van der Waals surface area contributed by atoms with Crippen LogP contribution in [0.1, 0.15) is 44.0 Å². The summed E-state index contributed by atoms with van der Waals surface area (Å²) in [5.41, 5.74) is 2.25. The van der Waals surface area contributed by atoms with E-state index >= 15 is 0 Å². The van der Waals surface area contributed by atoms with Gasteiger partial charge in [-0.15, -0.1) is 0 Å². The molecule has 5 heteroatoms. The summed E-state index contributed by atoms with van der Waals surface area (Å²) < 4.78 is 6.55. The van der Waals surface area contributed by atoms with E-state index < -0.39 is 0 Å². The minimum atomic E-state index is 0.00347. The van der Waals surface area contributed by atoms with Crippen molar-refractivity contribution in [2.45, 2.75) is 46.3 Å². The number of rotatable bonds is 3. The highest BCUT2D eigenvalue weighted by Crippen LogP contribution is 2.21. The van der Waals surface area contributed by atoms with Crippen molar-refractivity contribution >= 4 is 12.2 Å². The molecule has 1 atom stereocenters. The van der Waals surface area contributed by atoms with Crippen molar-refractivity contribution in [3.63, 3.8) is 0 Å². The standard InChI is InChI=1S/C14H23N3OS/c1-5-11-10(4)14(19)16-13(15-11)12-8-17(9(2)3)6-7-18-12/h9,12H,5-8H2,1-4H3,(H,15,16,19). The maximum absolute atomic E-state index is 5.86. The van der Waals surface area contributed by atoms with Gasteiger partial charge in [0.2, 0.25) is 0 Å². The van der Waals surface area contributed by atoms with E-state index in [1.807, 2.05) is 6.92 Å². The number of aromatic nitrogens is 2. The van der Waals surface area contributed by atoms with Crippen molar-refractivity contribution in [2.24, 2.45) is 0 Å². The normalized spacial score (nSPS) is 21.0. The Morgan fingerprint density at radius 1 is 1.53 bits per heavy atom. The molecule has 0 aliphatic carbocycles. The zero-order valence-corrected chi connectivity index (χ0v) is 13.0. The smallest absolute Gasteiger partial charge is 0.138 e. The van der Waals surface area contributed by atoms with Gasteiger partial charge >= 0.3 is 0 Å². The Morgan fingerprint density at radius 3 is 2.89 bits per heavy atom. The fourth-order valence-electron chi connectivity index (χ4n) is 2.41. The van der Waals surface area contributed by atoms with Crippen LogP contribution in [0.3, 0.4) is 0 Å². The van der Waals surface area contributed by atoms with Gasteiger partial charge < -0.3 is 9.72 Å². The SMILES string of the molecule is CCc1[nH]c(C2CN(C(C)C)CCO2)nc(=S)c1C. The van der Waals surface area contributed by atoms with Crippen molar-refractivity contribution in [3.8, 4) is 0 Å². The number of aromatic amines is 1. The van der Waals surface area contributed by atoms with E-state index in [9.17, 15) is 0 Å². The Balaban J connectivity index is 2.26. The van der Waals surface area contributed by atoms with E-state index in [1.165, 1.54) is 5.69 Å². The van der Waals surface area contributed by atoms with Crippen LogP contribution in [0.25, 0.3) is 0 Å². The van der Waals surface area contributed by atoms with Crippen LogP contribution in [0.15, 0.2) is 0 Å². The molecule has 1 aromatic rings. The molecule has 106 valence electrons. The van der Waals surface area contributed by atoms with Gasteiger partial charge in [0.1, 0.15) is 16.6 Å². The maximum Gasteiger partial charge on any atom is 0.138 e. The van der Waals surface area contributed by atoms with Gasteiger partial charge in [0.15, 0.2) is 0 Å². The van der Waals surface area contributed by atoms with Crippen molar-refractivity contribution in [3.05, 3.63) is 21.7 Å². The van der Waals surface area contributed by atoms with Crippen LogP contribution in [0.5, 0.6) is 0 Å². The van der Waals surface area contributed by atoms with Gasteiger partial charge in [-0.3, -0.25) is 4.90 Å². The monoisotopic (exact) mass is 281 g/mol. The molecule has 0 spiro atoms. The van der Waals surface area contributed by atoms with E-state index in [2.05, 4.69) is 35.6 Å². The van der Waals surface area contributed by atoms with Gasteiger partial charge in [0, 0.05) is 30.4 Å². The summed E-state index contributed by atoms with van der Waals surface area (Å²) in [5.74, 6) is 0.873. The van der Waals surface area contributed by atoms with Gasteiger partial charge in [-0.25, -0.2) is 4.98 Å². The molecule has 4 nitrogen and oxygen atoms in total. The summed E-state index contributed by atoms with van der Waals surface area (Å²) >= 11 is 5.34. The van der Waals surface area contributed by atoms with E-state index in [1.54, 1.807) is 0 Å². The van der Waals surface area contributed by atoms with E-state index in [-0.39, 0.29) is 6.10 Å². The molecule has 1 N–H and O–H groups in total. The van der Waals surface area contributed by atoms with Crippen molar-refractivity contribution in [2.75, 3.05) is 19.7 Å². The lowest BCUT2D eigenvalue weighted by molar-refractivity contribution is -0.0444. The summed E-state index contributed by atoms with van der Waals surface area (Å²) in [7, 11) is 0. The van der Waals surface area contributed by atoms with E-state index in [4.69, 9.17) is 17.0 Å². The van der Waals surface area contributed by atoms with Gasteiger partial charge in [-0.1, -0.05) is 19.1 Å². The summed E-state index contributed by atoms with van der Waals surface area (Å²) in [6.45, 7) is 11.2. The van der Waals surface area contributed by atoms with Crippen LogP contribution >= 0.6 is 12.2 Å². The fraction of sp³-hybridized carbons (Fsp3) is 0.714. The molecule has 1 saturated heterocycles. The van der Waals surface area contributed by atoms with Crippen LogP contribution in [-0.2, 0) is 11.2 Å². The second kappa shape index (κ2) is 6.11. The first kappa shape index (κ1) is 14.6. The van der Waals surface area contributed by atoms with Gasteiger partial charge in [-0.05, 0) is 27.2 Å². The third-order valence-corrected chi connectivity index (χ3v) is 4.16. The van der Waals surface area contributed by atoms with Gasteiger partial charge in [0.05, 0.1) is 6.61 Å². The zero-order chi connectivity index (χ0) is 14.0. The Morgan fingerprint density at radius 2 is 2.26 bits per heavy atom. The summed E-state index contributed by atoms with van der Waals surface area (Å²) in [5, 5.41) is 0. The Hall–Kier alpha value is -0.780. The second-order valence-corrected chi connectivity index (χ2v) is 5.72. The molecule has 1 fully saturated rings. The van der Waals surface area contributed by atoms with Crippen LogP contribution in [0.2, 0.25) is 0 Å². The van der Waals surface area contributed by atoms with Crippen LogP contribution < -0.4 is 0 Å². The molecular formula is C14H23N3OS. The van der Waals surface area contributed by atoms with Crippen molar-refractivity contribution < 1.29 is 4.74 Å². The minimum Gasteiger partial charge on any atom is -0.368 e. The molecule has 0 aromatic carbocycles. The molecule has 2 heterocycles. The number of hydrogen-bond acceptors (Lipinski definition) is 4. The number of aryl methyl sites for hydroxylation is 1. The van der Waals surface area contributed by atoms with Crippen molar-refractivity contribution in [1.82, 2.24) is 14.9 Å². The molecule has 1 aromatic heterocycles. The highest BCUT2D eigenvalue weighted by Gasteiger charge is 2.25. The molecule has 1 unspecified atom stereocenters. The first-order chi connectivity index (χ1) is 9.02. The number of morpholine rings is 1. The number of ether oxygens (including phenoxy) is 1. The molecular weight excluding hydrogens is 258 g/mol. The van der Waals surface area contributed by atoms with Gasteiger partial charge in [0.25, 0.3) is 0 Å². The molecule has 0 saturated carbocycles. The largest absolute Gasteiger partial charge is 0.368 e. The maximum atomic E-state index is 5.86. The Bertz CT molecular complexity index is 498. The summed E-state index contributed by atoms with van der Waals surface area (Å²) in [4.78, 5) is 10.3. The second-order valence-electron chi connectivity index (χ2n) is 5.33. The first-order valence-corrected chi connectivity index (χ1v) is 7.39. The van der Waals surface area contributed by atoms with E-state index in [0.29, 0.717) is 10.7 Å². The van der Waals surface area contributed by atoms with Crippen molar-refractivity contribution in [1.29, 1.82) is 0 Å².